The monoisotopic (exact) mass is 349 g/mol. The van der Waals surface area contributed by atoms with Gasteiger partial charge in [-0.1, -0.05) is 30.3 Å². The number of hydrogen-bond donors (Lipinski definition) is 1. The second kappa shape index (κ2) is 7.51. The highest BCUT2D eigenvalue weighted by Crippen LogP contribution is 2.25. The molecule has 0 aliphatic rings. The molecule has 0 atom stereocenters. The minimum atomic E-state index is -0.522. The van der Waals surface area contributed by atoms with Gasteiger partial charge in [0.2, 0.25) is 0 Å². The van der Waals surface area contributed by atoms with Gasteiger partial charge in [-0.15, -0.1) is 11.3 Å². The average Bonchev–Trinajstić information content (AvgIpc) is 3.09. The molecule has 0 saturated heterocycles. The first-order valence-corrected chi connectivity index (χ1v) is 8.23. The van der Waals surface area contributed by atoms with Crippen LogP contribution >= 0.6 is 11.3 Å². The molecule has 1 aromatic heterocycles. The van der Waals surface area contributed by atoms with Crippen molar-refractivity contribution in [1.29, 1.82) is 5.26 Å². The molecule has 1 heterocycles. The first kappa shape index (κ1) is 16.6. The van der Waals surface area contributed by atoms with E-state index in [1.807, 2.05) is 24.3 Å². The summed E-state index contributed by atoms with van der Waals surface area (Å²) in [5, 5.41) is 14.0. The van der Waals surface area contributed by atoms with E-state index in [1.165, 1.54) is 29.5 Å². The number of rotatable bonds is 4. The van der Waals surface area contributed by atoms with Crippen LogP contribution in [0.2, 0.25) is 0 Å². The molecule has 0 radical (unpaired) electrons. The number of nitrogens with one attached hydrogen (secondary N) is 1. The zero-order valence-electron chi connectivity index (χ0n) is 12.9. The fourth-order valence-electron chi connectivity index (χ4n) is 2.11. The molecule has 0 unspecified atom stereocenters. The lowest BCUT2D eigenvalue weighted by Gasteiger charge is -2.00. The lowest BCUT2D eigenvalue weighted by molar-refractivity contribution is -0.112. The fourth-order valence-corrected chi connectivity index (χ4v) is 2.83. The molecule has 2 aromatic carbocycles. The molecule has 0 aliphatic heterocycles. The summed E-state index contributed by atoms with van der Waals surface area (Å²) >= 11 is 1.24. The normalized spacial score (nSPS) is 11.0. The Kier molecular flexibility index (Phi) is 4.97. The third-order valence-corrected chi connectivity index (χ3v) is 4.10. The van der Waals surface area contributed by atoms with Crippen LogP contribution in [0.4, 0.5) is 9.52 Å². The van der Waals surface area contributed by atoms with Gasteiger partial charge in [-0.05, 0) is 35.9 Å². The van der Waals surface area contributed by atoms with Crippen LogP contribution in [0.15, 0.2) is 65.6 Å². The summed E-state index contributed by atoms with van der Waals surface area (Å²) in [5.74, 6) is -0.844. The van der Waals surface area contributed by atoms with Crippen molar-refractivity contribution in [2.75, 3.05) is 5.32 Å². The fraction of sp³-hybridized carbons (Fsp3) is 0. The van der Waals surface area contributed by atoms with E-state index < -0.39 is 5.91 Å². The van der Waals surface area contributed by atoms with Crippen molar-refractivity contribution in [2.45, 2.75) is 0 Å². The van der Waals surface area contributed by atoms with E-state index in [0.29, 0.717) is 10.8 Å². The molecule has 3 rings (SSSR count). The zero-order chi connectivity index (χ0) is 17.6. The predicted octanol–water partition coefficient (Wildman–Crippen LogP) is 4.49. The molecule has 0 aliphatic carbocycles. The number of halogens is 1. The first-order chi connectivity index (χ1) is 12.2. The van der Waals surface area contributed by atoms with Crippen molar-refractivity contribution in [1.82, 2.24) is 4.98 Å². The minimum absolute atomic E-state index is 0.00951. The average molecular weight is 349 g/mol. The number of carbonyl (C=O) groups excluding carboxylic acids is 1. The first-order valence-electron chi connectivity index (χ1n) is 7.35. The molecule has 0 fully saturated rings. The van der Waals surface area contributed by atoms with E-state index >= 15 is 0 Å². The molecule has 4 nitrogen and oxygen atoms in total. The van der Waals surface area contributed by atoms with E-state index in [4.69, 9.17) is 0 Å². The number of benzene rings is 2. The molecule has 0 spiro atoms. The van der Waals surface area contributed by atoms with Gasteiger partial charge >= 0.3 is 0 Å². The number of amides is 1. The molecular formula is C19H12FN3OS. The third-order valence-electron chi connectivity index (χ3n) is 3.34. The van der Waals surface area contributed by atoms with E-state index in [-0.39, 0.29) is 11.4 Å². The maximum atomic E-state index is 13.0. The number of anilines is 1. The van der Waals surface area contributed by atoms with Crippen LogP contribution in [-0.2, 0) is 4.79 Å². The Morgan fingerprint density at radius 3 is 2.56 bits per heavy atom. The zero-order valence-corrected chi connectivity index (χ0v) is 13.8. The summed E-state index contributed by atoms with van der Waals surface area (Å²) in [6, 6.07) is 17.0. The Balaban J connectivity index is 1.76. The minimum Gasteiger partial charge on any atom is -0.297 e. The SMILES string of the molecule is N#C/C(=C/c1ccccc1)C(=O)Nc1nc(-c2ccc(F)cc2)cs1. The maximum Gasteiger partial charge on any atom is 0.268 e. The van der Waals surface area contributed by atoms with Crippen LogP contribution in [0.25, 0.3) is 17.3 Å². The Morgan fingerprint density at radius 2 is 1.88 bits per heavy atom. The van der Waals surface area contributed by atoms with Gasteiger partial charge in [0.25, 0.3) is 5.91 Å². The molecular weight excluding hydrogens is 337 g/mol. The number of hydrogen-bond acceptors (Lipinski definition) is 4. The standard InChI is InChI=1S/C19H12FN3OS/c20-16-8-6-14(7-9-16)17-12-25-19(22-17)23-18(24)15(11-21)10-13-4-2-1-3-5-13/h1-10,12H,(H,22,23,24)/b15-10-. The Bertz CT molecular complexity index is 956. The van der Waals surface area contributed by atoms with E-state index in [9.17, 15) is 14.4 Å². The highest BCUT2D eigenvalue weighted by atomic mass is 32.1. The van der Waals surface area contributed by atoms with Crippen LogP contribution in [0.5, 0.6) is 0 Å². The Hall–Kier alpha value is -3.30. The van der Waals surface area contributed by atoms with Crippen LogP contribution in [0.1, 0.15) is 5.56 Å². The van der Waals surface area contributed by atoms with Crippen molar-refractivity contribution in [2.24, 2.45) is 0 Å². The van der Waals surface area contributed by atoms with Gasteiger partial charge in [0.1, 0.15) is 17.5 Å². The van der Waals surface area contributed by atoms with Gasteiger partial charge in [0.15, 0.2) is 5.13 Å². The number of aromatic nitrogens is 1. The predicted molar refractivity (Wildman–Crippen MR) is 96.2 cm³/mol. The van der Waals surface area contributed by atoms with Gasteiger partial charge in [-0.2, -0.15) is 5.26 Å². The number of nitrogens with zero attached hydrogens (tertiary/aromatic N) is 2. The van der Waals surface area contributed by atoms with Gasteiger partial charge in [-0.25, -0.2) is 9.37 Å². The van der Waals surface area contributed by atoms with Crippen molar-refractivity contribution < 1.29 is 9.18 Å². The molecule has 1 amide bonds. The van der Waals surface area contributed by atoms with Gasteiger partial charge < -0.3 is 0 Å². The van der Waals surface area contributed by atoms with E-state index in [0.717, 1.165) is 11.1 Å². The van der Waals surface area contributed by atoms with Crippen molar-refractivity contribution in [3.8, 4) is 17.3 Å². The lowest BCUT2D eigenvalue weighted by atomic mass is 10.1. The van der Waals surface area contributed by atoms with Crippen molar-refractivity contribution >= 4 is 28.5 Å². The summed E-state index contributed by atoms with van der Waals surface area (Å²) in [6.45, 7) is 0. The van der Waals surface area contributed by atoms with Crippen LogP contribution in [0.3, 0.4) is 0 Å². The second-order valence-electron chi connectivity index (χ2n) is 5.08. The van der Waals surface area contributed by atoms with Crippen molar-refractivity contribution in [3.63, 3.8) is 0 Å². The Labute approximate surface area is 147 Å². The summed E-state index contributed by atoms with van der Waals surface area (Å²) in [6.07, 6.45) is 1.52. The lowest BCUT2D eigenvalue weighted by Crippen LogP contribution is -2.13. The van der Waals surface area contributed by atoms with Gasteiger partial charge in [-0.3, -0.25) is 10.1 Å². The largest absolute Gasteiger partial charge is 0.297 e. The third kappa shape index (κ3) is 4.16. The Morgan fingerprint density at radius 1 is 1.16 bits per heavy atom. The highest BCUT2D eigenvalue weighted by Gasteiger charge is 2.12. The van der Waals surface area contributed by atoms with Crippen LogP contribution in [-0.4, -0.2) is 10.9 Å². The smallest absolute Gasteiger partial charge is 0.268 e. The van der Waals surface area contributed by atoms with Crippen LogP contribution < -0.4 is 5.32 Å². The molecule has 3 aromatic rings. The topological polar surface area (TPSA) is 65.8 Å². The number of carbonyl (C=O) groups is 1. The number of nitriles is 1. The molecule has 1 N–H and O–H groups in total. The highest BCUT2D eigenvalue weighted by molar-refractivity contribution is 7.14. The summed E-state index contributed by atoms with van der Waals surface area (Å²) in [5.41, 5.74) is 2.13. The second-order valence-corrected chi connectivity index (χ2v) is 5.94. The quantitative estimate of drug-likeness (QED) is 0.557. The summed E-state index contributed by atoms with van der Waals surface area (Å²) in [7, 11) is 0. The molecule has 25 heavy (non-hydrogen) atoms. The van der Waals surface area contributed by atoms with Gasteiger partial charge in [0, 0.05) is 10.9 Å². The van der Waals surface area contributed by atoms with E-state index in [2.05, 4.69) is 10.3 Å². The maximum absolute atomic E-state index is 13.0. The molecule has 6 heteroatoms. The summed E-state index contributed by atoms with van der Waals surface area (Å²) < 4.78 is 13.0. The van der Waals surface area contributed by atoms with Crippen LogP contribution in [0, 0.1) is 17.1 Å². The molecule has 0 bridgehead atoms. The molecule has 122 valence electrons. The van der Waals surface area contributed by atoms with Crippen molar-refractivity contribution in [3.05, 3.63) is 76.9 Å². The van der Waals surface area contributed by atoms with Gasteiger partial charge in [0.05, 0.1) is 5.69 Å². The van der Waals surface area contributed by atoms with E-state index in [1.54, 1.807) is 29.6 Å². The molecule has 0 saturated carbocycles. The summed E-state index contributed by atoms with van der Waals surface area (Å²) in [4.78, 5) is 16.6. The number of thiazole rings is 1.